The van der Waals surface area contributed by atoms with Gasteiger partial charge in [-0.3, -0.25) is 4.79 Å². The van der Waals surface area contributed by atoms with Crippen LogP contribution in [0.15, 0.2) is 33.7 Å². The Bertz CT molecular complexity index is 967. The summed E-state index contributed by atoms with van der Waals surface area (Å²) in [5.41, 5.74) is -1.12. The smallest absolute Gasteiger partial charge is 0.260 e. The van der Waals surface area contributed by atoms with Crippen LogP contribution in [0.1, 0.15) is 47.3 Å². The highest BCUT2D eigenvalue weighted by molar-refractivity contribution is 7.89. The van der Waals surface area contributed by atoms with E-state index in [0.717, 1.165) is 12.8 Å². The number of aliphatic hydroxyl groups is 1. The first-order valence-electron chi connectivity index (χ1n) is 8.72. The van der Waals surface area contributed by atoms with E-state index >= 15 is 0 Å². The Labute approximate surface area is 156 Å². The molecule has 2 fully saturated rings. The van der Waals surface area contributed by atoms with Crippen LogP contribution in [-0.4, -0.2) is 54.0 Å². The van der Waals surface area contributed by atoms with Gasteiger partial charge in [-0.25, -0.2) is 8.42 Å². The van der Waals surface area contributed by atoms with E-state index < -0.39 is 15.6 Å². The number of hydrogen-bond donors (Lipinski definition) is 2. The van der Waals surface area contributed by atoms with Crippen molar-refractivity contribution in [2.24, 2.45) is 0 Å². The summed E-state index contributed by atoms with van der Waals surface area (Å²) in [7, 11) is -2.31. The van der Waals surface area contributed by atoms with Crippen LogP contribution in [0.4, 0.5) is 0 Å². The zero-order chi connectivity index (χ0) is 19.2. The van der Waals surface area contributed by atoms with Gasteiger partial charge in [-0.2, -0.15) is 9.29 Å². The van der Waals surface area contributed by atoms with Crippen molar-refractivity contribution in [3.05, 3.63) is 41.5 Å². The second-order valence-corrected chi connectivity index (χ2v) is 8.89. The van der Waals surface area contributed by atoms with Gasteiger partial charge in [-0.15, -0.1) is 0 Å². The van der Waals surface area contributed by atoms with Crippen LogP contribution >= 0.6 is 0 Å². The minimum Gasteiger partial charge on any atom is -0.379 e. The van der Waals surface area contributed by atoms with Crippen LogP contribution in [0.3, 0.4) is 0 Å². The second kappa shape index (κ2) is 6.39. The van der Waals surface area contributed by atoms with Crippen molar-refractivity contribution in [2.75, 3.05) is 20.1 Å². The lowest BCUT2D eigenvalue weighted by atomic mass is 10.0. The average molecular weight is 392 g/mol. The molecule has 144 valence electrons. The number of nitrogens with one attached hydrogen (secondary N) is 1. The molecule has 1 saturated heterocycles. The number of sulfonamides is 1. The summed E-state index contributed by atoms with van der Waals surface area (Å²) in [4.78, 5) is 15.9. The van der Waals surface area contributed by atoms with E-state index in [1.807, 2.05) is 0 Å². The molecule has 1 amide bonds. The zero-order valence-corrected chi connectivity index (χ0v) is 15.6. The minimum atomic E-state index is -3.81. The van der Waals surface area contributed by atoms with Gasteiger partial charge in [0.05, 0.1) is 11.4 Å². The zero-order valence-electron chi connectivity index (χ0n) is 14.8. The third kappa shape index (κ3) is 3.24. The fourth-order valence-electron chi connectivity index (χ4n) is 3.14. The van der Waals surface area contributed by atoms with Gasteiger partial charge in [-0.05, 0) is 37.1 Å². The molecule has 27 heavy (non-hydrogen) atoms. The average Bonchev–Trinajstić information content (AvgIpc) is 3.24. The Morgan fingerprint density at radius 2 is 2.04 bits per heavy atom. The van der Waals surface area contributed by atoms with E-state index in [4.69, 9.17) is 4.52 Å². The largest absolute Gasteiger partial charge is 0.379 e. The SMILES string of the molecule is CNC(=O)c1ccc(S(=O)(=O)N2CCC(O)(c3nc(C4CC4)no3)C2)cc1. The fourth-order valence-corrected chi connectivity index (χ4v) is 4.64. The molecule has 0 bridgehead atoms. The van der Waals surface area contributed by atoms with Crippen molar-refractivity contribution >= 4 is 15.9 Å². The lowest BCUT2D eigenvalue weighted by molar-refractivity contribution is 0.0194. The summed E-state index contributed by atoms with van der Waals surface area (Å²) in [6.45, 7) is -0.0179. The summed E-state index contributed by atoms with van der Waals surface area (Å²) < 4.78 is 32.1. The van der Waals surface area contributed by atoms with Gasteiger partial charge in [-0.1, -0.05) is 5.16 Å². The van der Waals surface area contributed by atoms with Crippen LogP contribution in [0.2, 0.25) is 0 Å². The topological polar surface area (TPSA) is 126 Å². The molecule has 1 aliphatic carbocycles. The predicted octanol–water partition coefficient (Wildman–Crippen LogP) is 0.589. The number of hydrogen-bond acceptors (Lipinski definition) is 7. The maximum absolute atomic E-state index is 12.9. The minimum absolute atomic E-state index is 0.0589. The highest BCUT2D eigenvalue weighted by Crippen LogP contribution is 2.40. The Balaban J connectivity index is 1.53. The van der Waals surface area contributed by atoms with Crippen molar-refractivity contribution < 1.29 is 22.8 Å². The first-order chi connectivity index (χ1) is 12.8. The molecule has 10 heteroatoms. The maximum atomic E-state index is 12.9. The van der Waals surface area contributed by atoms with Gasteiger partial charge in [0, 0.05) is 31.5 Å². The fraction of sp³-hybridized carbons (Fsp3) is 0.471. The van der Waals surface area contributed by atoms with Gasteiger partial charge in [0.25, 0.3) is 11.8 Å². The summed E-state index contributed by atoms with van der Waals surface area (Å²) in [6.07, 6.45) is 2.18. The Hall–Kier alpha value is -2.30. The normalized spacial score (nSPS) is 23.5. The van der Waals surface area contributed by atoms with Crippen molar-refractivity contribution in [2.45, 2.75) is 35.7 Å². The standard InChI is InChI=1S/C17H20N4O5S/c1-18-15(22)12-4-6-13(7-5-12)27(24,25)21-9-8-17(23,10-21)16-19-14(20-26-16)11-2-3-11/h4-7,11,23H,2-3,8-10H2,1H3,(H,18,22). The molecule has 1 aromatic heterocycles. The van der Waals surface area contributed by atoms with Crippen molar-refractivity contribution in [3.63, 3.8) is 0 Å². The molecule has 1 aromatic carbocycles. The number of nitrogens with zero attached hydrogens (tertiary/aromatic N) is 3. The van der Waals surface area contributed by atoms with Gasteiger partial charge in [0.15, 0.2) is 11.4 Å². The number of β-amino-alcohol motifs (C(OH)–C–C–N with tert-alkyl or cyclic N) is 1. The predicted molar refractivity (Wildman–Crippen MR) is 93.4 cm³/mol. The molecule has 2 aliphatic rings. The third-order valence-electron chi connectivity index (χ3n) is 4.98. The molecular weight excluding hydrogens is 372 g/mol. The van der Waals surface area contributed by atoms with Crippen LogP contribution in [0.25, 0.3) is 0 Å². The molecule has 9 nitrogen and oxygen atoms in total. The Morgan fingerprint density at radius 1 is 1.33 bits per heavy atom. The molecule has 1 aliphatic heterocycles. The van der Waals surface area contributed by atoms with Crippen LogP contribution < -0.4 is 5.32 Å². The summed E-state index contributed by atoms with van der Waals surface area (Å²) in [5, 5.41) is 17.2. The number of rotatable bonds is 5. The Kier molecular flexibility index (Phi) is 4.28. The molecule has 1 unspecified atom stereocenters. The molecule has 0 radical (unpaired) electrons. The summed E-state index contributed by atoms with van der Waals surface area (Å²) >= 11 is 0. The molecular formula is C17H20N4O5S. The van der Waals surface area contributed by atoms with Crippen molar-refractivity contribution in [1.29, 1.82) is 0 Å². The van der Waals surface area contributed by atoms with E-state index in [1.165, 1.54) is 35.6 Å². The summed E-state index contributed by atoms with van der Waals surface area (Å²) in [6, 6.07) is 5.67. The number of amides is 1. The highest BCUT2D eigenvalue weighted by atomic mass is 32.2. The summed E-state index contributed by atoms with van der Waals surface area (Å²) in [5.74, 6) is 0.630. The van der Waals surface area contributed by atoms with Crippen LogP contribution in [0.5, 0.6) is 0 Å². The first-order valence-corrected chi connectivity index (χ1v) is 10.2. The number of carbonyl (C=O) groups is 1. The molecule has 4 rings (SSSR count). The molecule has 2 aromatic rings. The molecule has 0 spiro atoms. The van der Waals surface area contributed by atoms with Crippen LogP contribution in [-0.2, 0) is 15.6 Å². The lowest BCUT2D eigenvalue weighted by Gasteiger charge is -2.19. The number of aromatic nitrogens is 2. The van der Waals surface area contributed by atoms with Crippen molar-refractivity contribution in [1.82, 2.24) is 19.8 Å². The van der Waals surface area contributed by atoms with E-state index in [0.29, 0.717) is 11.4 Å². The molecule has 2 N–H and O–H groups in total. The van der Waals surface area contributed by atoms with Crippen molar-refractivity contribution in [3.8, 4) is 0 Å². The lowest BCUT2D eigenvalue weighted by Crippen LogP contribution is -2.34. The quantitative estimate of drug-likeness (QED) is 0.763. The maximum Gasteiger partial charge on any atom is 0.260 e. The van der Waals surface area contributed by atoms with E-state index in [1.54, 1.807) is 0 Å². The molecule has 1 saturated carbocycles. The Morgan fingerprint density at radius 3 is 2.67 bits per heavy atom. The van der Waals surface area contributed by atoms with Gasteiger partial charge >= 0.3 is 0 Å². The van der Waals surface area contributed by atoms with E-state index in [2.05, 4.69) is 15.5 Å². The highest BCUT2D eigenvalue weighted by Gasteiger charge is 2.47. The second-order valence-electron chi connectivity index (χ2n) is 6.96. The number of benzene rings is 1. The van der Waals surface area contributed by atoms with Gasteiger partial charge < -0.3 is 14.9 Å². The van der Waals surface area contributed by atoms with Gasteiger partial charge in [0.1, 0.15) is 0 Å². The third-order valence-corrected chi connectivity index (χ3v) is 6.84. The molecule has 1 atom stereocenters. The van der Waals surface area contributed by atoms with Crippen LogP contribution in [0, 0.1) is 0 Å². The number of carbonyl (C=O) groups excluding carboxylic acids is 1. The molecule has 2 heterocycles. The van der Waals surface area contributed by atoms with Gasteiger partial charge in [0.2, 0.25) is 10.0 Å². The van der Waals surface area contributed by atoms with E-state index in [9.17, 15) is 18.3 Å². The van der Waals surface area contributed by atoms with E-state index in [-0.39, 0.29) is 42.1 Å². The first kappa shape index (κ1) is 18.1. The monoisotopic (exact) mass is 392 g/mol.